The molecule has 0 bridgehead atoms. The Balaban J connectivity index is 3.06. The zero-order valence-corrected chi connectivity index (χ0v) is 10.6. The van der Waals surface area contributed by atoms with Gasteiger partial charge in [0.2, 0.25) is 0 Å². The second-order valence-electron chi connectivity index (χ2n) is 5.21. The first-order chi connectivity index (χ1) is 6.79. The molecule has 0 saturated carbocycles. The fourth-order valence-corrected chi connectivity index (χ4v) is 1.39. The molecule has 0 aliphatic heterocycles. The van der Waals surface area contributed by atoms with E-state index in [2.05, 4.69) is 39.6 Å². The molecule has 2 heteroatoms. The number of aryl methyl sites for hydroxylation is 1. The van der Waals surface area contributed by atoms with Crippen LogP contribution in [0, 0.1) is 6.92 Å². The minimum Gasteiger partial charge on any atom is -0.486 e. The Morgan fingerprint density at radius 1 is 1.20 bits per heavy atom. The molecule has 1 aromatic heterocycles. The van der Waals surface area contributed by atoms with Gasteiger partial charge in [0, 0.05) is 5.69 Å². The van der Waals surface area contributed by atoms with E-state index in [0.717, 1.165) is 17.1 Å². The topological polar surface area (TPSA) is 22.1 Å². The number of aromatic nitrogens is 1. The molecule has 0 spiro atoms. The molecule has 0 N–H and O–H groups in total. The van der Waals surface area contributed by atoms with Gasteiger partial charge in [0.15, 0.2) is 0 Å². The van der Waals surface area contributed by atoms with Crippen molar-refractivity contribution in [3.05, 3.63) is 23.5 Å². The van der Waals surface area contributed by atoms with Gasteiger partial charge in [0.1, 0.15) is 11.4 Å². The van der Waals surface area contributed by atoms with Gasteiger partial charge in [-0.1, -0.05) is 13.8 Å². The molecule has 0 unspecified atom stereocenters. The van der Waals surface area contributed by atoms with E-state index in [4.69, 9.17) is 4.74 Å². The fraction of sp³-hybridized carbons (Fsp3) is 0.615. The Morgan fingerprint density at radius 3 is 2.27 bits per heavy atom. The van der Waals surface area contributed by atoms with Crippen LogP contribution in [0.3, 0.4) is 0 Å². The summed E-state index contributed by atoms with van der Waals surface area (Å²) >= 11 is 0. The quantitative estimate of drug-likeness (QED) is 0.738. The average Bonchev–Trinajstić information content (AvgIpc) is 2.05. The first kappa shape index (κ1) is 12.0. The van der Waals surface area contributed by atoms with Crippen LogP contribution in [0.5, 0.6) is 5.75 Å². The van der Waals surface area contributed by atoms with Crippen molar-refractivity contribution < 1.29 is 4.74 Å². The summed E-state index contributed by atoms with van der Waals surface area (Å²) in [5.41, 5.74) is 1.92. The summed E-state index contributed by atoms with van der Waals surface area (Å²) in [6.07, 6.45) is 0. The monoisotopic (exact) mass is 207 g/mol. The molecular weight excluding hydrogens is 186 g/mol. The molecule has 2 nitrogen and oxygen atoms in total. The van der Waals surface area contributed by atoms with Gasteiger partial charge in [0.25, 0.3) is 0 Å². The van der Waals surface area contributed by atoms with Crippen molar-refractivity contribution in [2.45, 2.75) is 53.1 Å². The largest absolute Gasteiger partial charge is 0.486 e. The first-order valence-electron chi connectivity index (χ1n) is 5.46. The molecule has 1 rings (SSSR count). The average molecular weight is 207 g/mol. The molecule has 0 aliphatic rings. The van der Waals surface area contributed by atoms with Crippen molar-refractivity contribution in [1.82, 2.24) is 4.98 Å². The van der Waals surface area contributed by atoms with Crippen LogP contribution in [-0.4, -0.2) is 10.6 Å². The summed E-state index contributed by atoms with van der Waals surface area (Å²) in [5.74, 6) is 1.30. The van der Waals surface area contributed by atoms with Crippen LogP contribution >= 0.6 is 0 Å². The number of rotatable bonds is 2. The minimum atomic E-state index is -0.166. The number of hydrogen-bond acceptors (Lipinski definition) is 2. The van der Waals surface area contributed by atoms with Gasteiger partial charge < -0.3 is 4.74 Å². The lowest BCUT2D eigenvalue weighted by Gasteiger charge is -2.24. The zero-order chi connectivity index (χ0) is 11.6. The Bertz CT molecular complexity index is 337. The summed E-state index contributed by atoms with van der Waals surface area (Å²) in [7, 11) is 0. The smallest absolute Gasteiger partial charge is 0.141 e. The lowest BCUT2D eigenvalue weighted by Crippen LogP contribution is -2.24. The molecule has 84 valence electrons. The van der Waals surface area contributed by atoms with E-state index in [1.807, 2.05) is 19.1 Å². The summed E-state index contributed by atoms with van der Waals surface area (Å²) < 4.78 is 5.89. The third-order valence-electron chi connectivity index (χ3n) is 1.99. The summed E-state index contributed by atoms with van der Waals surface area (Å²) in [4.78, 5) is 4.53. The Kier molecular flexibility index (Phi) is 3.38. The number of ether oxygens (including phenoxy) is 1. The Morgan fingerprint density at radius 2 is 1.80 bits per heavy atom. The van der Waals surface area contributed by atoms with Crippen LogP contribution < -0.4 is 4.74 Å². The predicted octanol–water partition coefficient (Wildman–Crippen LogP) is 3.69. The molecule has 0 aliphatic carbocycles. The van der Waals surface area contributed by atoms with Gasteiger partial charge in [-0.2, -0.15) is 0 Å². The van der Waals surface area contributed by atoms with Gasteiger partial charge in [-0.15, -0.1) is 0 Å². The van der Waals surface area contributed by atoms with E-state index < -0.39 is 0 Å². The molecule has 0 radical (unpaired) electrons. The summed E-state index contributed by atoms with van der Waals surface area (Å²) in [6.45, 7) is 12.4. The van der Waals surface area contributed by atoms with Crippen LogP contribution in [-0.2, 0) is 0 Å². The number of pyridine rings is 1. The zero-order valence-electron chi connectivity index (χ0n) is 10.6. The highest BCUT2D eigenvalue weighted by atomic mass is 16.5. The molecule has 1 heterocycles. The maximum atomic E-state index is 5.89. The highest BCUT2D eigenvalue weighted by Crippen LogP contribution is 2.27. The summed E-state index contributed by atoms with van der Waals surface area (Å²) in [5, 5.41) is 0. The molecule has 1 aromatic rings. The Hall–Kier alpha value is -1.05. The van der Waals surface area contributed by atoms with Gasteiger partial charge >= 0.3 is 0 Å². The van der Waals surface area contributed by atoms with Crippen molar-refractivity contribution in [2.75, 3.05) is 0 Å². The normalized spacial score (nSPS) is 11.9. The second kappa shape index (κ2) is 4.21. The maximum absolute atomic E-state index is 5.89. The van der Waals surface area contributed by atoms with Crippen molar-refractivity contribution in [2.24, 2.45) is 0 Å². The third kappa shape index (κ3) is 3.54. The minimum absolute atomic E-state index is 0.166. The molecule has 0 aromatic carbocycles. The molecule has 0 saturated heterocycles. The van der Waals surface area contributed by atoms with E-state index in [-0.39, 0.29) is 5.60 Å². The lowest BCUT2D eigenvalue weighted by atomic mass is 10.1. The SMILES string of the molecule is Cc1ccc(OC(C)(C)C)c(C(C)C)n1. The first-order valence-corrected chi connectivity index (χ1v) is 5.46. The van der Waals surface area contributed by atoms with Gasteiger partial charge in [-0.3, -0.25) is 4.98 Å². The van der Waals surface area contributed by atoms with Gasteiger partial charge in [0.05, 0.1) is 5.69 Å². The predicted molar refractivity (Wildman–Crippen MR) is 63.4 cm³/mol. The Labute approximate surface area is 92.7 Å². The van der Waals surface area contributed by atoms with Crippen LogP contribution in [0.15, 0.2) is 12.1 Å². The maximum Gasteiger partial charge on any atom is 0.141 e. The van der Waals surface area contributed by atoms with Crippen LogP contribution in [0.4, 0.5) is 0 Å². The molecular formula is C13H21NO. The molecule has 15 heavy (non-hydrogen) atoms. The molecule has 0 amide bonds. The van der Waals surface area contributed by atoms with Crippen LogP contribution in [0.25, 0.3) is 0 Å². The van der Waals surface area contributed by atoms with Crippen LogP contribution in [0.2, 0.25) is 0 Å². The number of nitrogens with zero attached hydrogens (tertiary/aromatic N) is 1. The second-order valence-corrected chi connectivity index (χ2v) is 5.21. The van der Waals surface area contributed by atoms with Crippen molar-refractivity contribution in [1.29, 1.82) is 0 Å². The van der Waals surface area contributed by atoms with Gasteiger partial charge in [-0.05, 0) is 45.7 Å². The molecule has 0 atom stereocenters. The highest BCUT2D eigenvalue weighted by molar-refractivity contribution is 5.31. The van der Waals surface area contributed by atoms with E-state index in [1.165, 1.54) is 0 Å². The van der Waals surface area contributed by atoms with E-state index in [1.54, 1.807) is 0 Å². The van der Waals surface area contributed by atoms with E-state index in [9.17, 15) is 0 Å². The van der Waals surface area contributed by atoms with Crippen molar-refractivity contribution >= 4 is 0 Å². The number of hydrogen-bond donors (Lipinski definition) is 0. The van der Waals surface area contributed by atoms with E-state index in [0.29, 0.717) is 5.92 Å². The molecule has 0 fully saturated rings. The van der Waals surface area contributed by atoms with Gasteiger partial charge in [-0.25, -0.2) is 0 Å². The third-order valence-corrected chi connectivity index (χ3v) is 1.99. The summed E-state index contributed by atoms with van der Waals surface area (Å²) in [6, 6.07) is 4.01. The van der Waals surface area contributed by atoms with Crippen molar-refractivity contribution in [3.8, 4) is 5.75 Å². The fourth-order valence-electron chi connectivity index (χ4n) is 1.39. The van der Waals surface area contributed by atoms with Crippen LogP contribution in [0.1, 0.15) is 51.9 Å². The van der Waals surface area contributed by atoms with Crippen molar-refractivity contribution in [3.63, 3.8) is 0 Å². The standard InChI is InChI=1S/C13H21NO/c1-9(2)12-11(15-13(4,5)6)8-7-10(3)14-12/h7-9H,1-6H3. The highest BCUT2D eigenvalue weighted by Gasteiger charge is 2.17. The lowest BCUT2D eigenvalue weighted by molar-refractivity contribution is 0.128. The van der Waals surface area contributed by atoms with E-state index >= 15 is 0 Å².